The van der Waals surface area contributed by atoms with Crippen LogP contribution in [0.1, 0.15) is 10.4 Å². The topological polar surface area (TPSA) is 44.8 Å². The maximum Gasteiger partial charge on any atom is 0.161 e. The fraction of sp³-hybridized carbons (Fsp3) is 0.188. The van der Waals surface area contributed by atoms with E-state index in [1.54, 1.807) is 12.1 Å². The van der Waals surface area contributed by atoms with Crippen LogP contribution in [0.15, 0.2) is 30.3 Å². The molecule has 0 aliphatic heterocycles. The molecule has 0 amide bonds. The van der Waals surface area contributed by atoms with Gasteiger partial charge in [-0.15, -0.1) is 0 Å². The highest BCUT2D eigenvalue weighted by atomic mass is 19.1. The minimum Gasteiger partial charge on any atom is -0.496 e. The molecule has 21 heavy (non-hydrogen) atoms. The summed E-state index contributed by atoms with van der Waals surface area (Å²) < 4.78 is 29.1. The Labute approximate surface area is 122 Å². The predicted molar refractivity (Wildman–Crippen MR) is 76.9 cm³/mol. The van der Waals surface area contributed by atoms with Crippen molar-refractivity contribution in [3.63, 3.8) is 0 Å². The number of carbonyl (C=O) groups is 1. The summed E-state index contributed by atoms with van der Waals surface area (Å²) in [5.41, 5.74) is 1.34. The molecule has 4 nitrogen and oxygen atoms in total. The van der Waals surface area contributed by atoms with Gasteiger partial charge in [0.15, 0.2) is 17.8 Å². The Morgan fingerprint density at radius 1 is 0.857 bits per heavy atom. The average molecular weight is 290 g/mol. The standard InChI is InChI=1S/C16H15FO4/c1-19-14-5-4-11(17)7-13(14)12-8-16(21-3)15(20-2)6-10(12)9-18/h4-9H,1-3H3. The second kappa shape index (κ2) is 6.26. The van der Waals surface area contributed by atoms with Gasteiger partial charge in [-0.2, -0.15) is 0 Å². The van der Waals surface area contributed by atoms with Crippen LogP contribution in [0.2, 0.25) is 0 Å². The Balaban J connectivity index is 2.73. The number of hydrogen-bond acceptors (Lipinski definition) is 4. The molecule has 0 saturated heterocycles. The molecule has 0 saturated carbocycles. The number of ether oxygens (including phenoxy) is 3. The number of aldehydes is 1. The highest BCUT2D eigenvalue weighted by Crippen LogP contribution is 2.38. The maximum absolute atomic E-state index is 13.5. The van der Waals surface area contributed by atoms with E-state index in [9.17, 15) is 9.18 Å². The largest absolute Gasteiger partial charge is 0.496 e. The van der Waals surface area contributed by atoms with Gasteiger partial charge in [-0.25, -0.2) is 4.39 Å². The Kier molecular flexibility index (Phi) is 4.42. The first-order chi connectivity index (χ1) is 10.1. The Morgan fingerprint density at radius 2 is 1.48 bits per heavy atom. The third-order valence-electron chi connectivity index (χ3n) is 3.13. The van der Waals surface area contributed by atoms with Crippen molar-refractivity contribution in [2.75, 3.05) is 21.3 Å². The van der Waals surface area contributed by atoms with Gasteiger partial charge in [0.1, 0.15) is 11.6 Å². The number of rotatable bonds is 5. The van der Waals surface area contributed by atoms with Crippen molar-refractivity contribution in [1.29, 1.82) is 0 Å². The van der Waals surface area contributed by atoms with E-state index in [2.05, 4.69) is 0 Å². The lowest BCUT2D eigenvalue weighted by atomic mass is 9.98. The van der Waals surface area contributed by atoms with Crippen LogP contribution >= 0.6 is 0 Å². The van der Waals surface area contributed by atoms with Crippen LogP contribution < -0.4 is 14.2 Å². The molecular weight excluding hydrogens is 275 g/mol. The highest BCUT2D eigenvalue weighted by molar-refractivity contribution is 5.91. The van der Waals surface area contributed by atoms with Gasteiger partial charge < -0.3 is 14.2 Å². The summed E-state index contributed by atoms with van der Waals surface area (Å²) in [4.78, 5) is 11.3. The van der Waals surface area contributed by atoms with Crippen LogP contribution in [0.4, 0.5) is 4.39 Å². The summed E-state index contributed by atoms with van der Waals surface area (Å²) in [6.07, 6.45) is 0.682. The molecule has 2 rings (SSSR count). The van der Waals surface area contributed by atoms with Gasteiger partial charge in [-0.3, -0.25) is 4.79 Å². The molecule has 2 aromatic carbocycles. The monoisotopic (exact) mass is 290 g/mol. The van der Waals surface area contributed by atoms with Crippen molar-refractivity contribution in [1.82, 2.24) is 0 Å². The van der Waals surface area contributed by atoms with Crippen molar-refractivity contribution in [3.8, 4) is 28.4 Å². The fourth-order valence-corrected chi connectivity index (χ4v) is 2.12. The van der Waals surface area contributed by atoms with Gasteiger partial charge >= 0.3 is 0 Å². The first kappa shape index (κ1) is 14.8. The second-order valence-corrected chi connectivity index (χ2v) is 4.26. The smallest absolute Gasteiger partial charge is 0.161 e. The Hall–Kier alpha value is -2.56. The zero-order valence-electron chi connectivity index (χ0n) is 12.0. The number of hydrogen-bond donors (Lipinski definition) is 0. The molecule has 2 aromatic rings. The van der Waals surface area contributed by atoms with Gasteiger partial charge in [-0.1, -0.05) is 0 Å². The van der Waals surface area contributed by atoms with Crippen molar-refractivity contribution >= 4 is 6.29 Å². The van der Waals surface area contributed by atoms with Crippen LogP contribution in [0, 0.1) is 5.82 Å². The van der Waals surface area contributed by atoms with Crippen LogP contribution in [0.25, 0.3) is 11.1 Å². The van der Waals surface area contributed by atoms with E-state index >= 15 is 0 Å². The van der Waals surface area contributed by atoms with Crippen LogP contribution in [0.3, 0.4) is 0 Å². The third kappa shape index (κ3) is 2.81. The van der Waals surface area contributed by atoms with E-state index in [1.165, 1.54) is 39.5 Å². The van der Waals surface area contributed by atoms with Crippen molar-refractivity contribution < 1.29 is 23.4 Å². The normalized spacial score (nSPS) is 10.1. The summed E-state index contributed by atoms with van der Waals surface area (Å²) in [7, 11) is 4.46. The fourth-order valence-electron chi connectivity index (χ4n) is 2.12. The molecule has 0 aromatic heterocycles. The van der Waals surface area contributed by atoms with Gasteiger partial charge in [0, 0.05) is 11.1 Å². The van der Waals surface area contributed by atoms with Gasteiger partial charge in [0.05, 0.1) is 21.3 Å². The first-order valence-electron chi connectivity index (χ1n) is 6.19. The van der Waals surface area contributed by atoms with E-state index in [-0.39, 0.29) is 0 Å². The molecule has 0 N–H and O–H groups in total. The zero-order valence-corrected chi connectivity index (χ0v) is 12.0. The number of methoxy groups -OCH3 is 3. The summed E-state index contributed by atoms with van der Waals surface area (Å²) >= 11 is 0. The number of carbonyl (C=O) groups excluding carboxylic acids is 1. The molecule has 0 unspecified atom stereocenters. The number of benzene rings is 2. The predicted octanol–water partition coefficient (Wildman–Crippen LogP) is 3.33. The second-order valence-electron chi connectivity index (χ2n) is 4.26. The zero-order chi connectivity index (χ0) is 15.4. The minimum atomic E-state index is -0.419. The minimum absolute atomic E-state index is 0.358. The quantitative estimate of drug-likeness (QED) is 0.792. The third-order valence-corrected chi connectivity index (χ3v) is 3.13. The molecule has 0 spiro atoms. The van der Waals surface area contributed by atoms with E-state index in [0.29, 0.717) is 40.2 Å². The molecule has 0 aliphatic carbocycles. The van der Waals surface area contributed by atoms with Gasteiger partial charge in [-0.05, 0) is 35.9 Å². The maximum atomic E-state index is 13.5. The van der Waals surface area contributed by atoms with E-state index in [4.69, 9.17) is 14.2 Å². The van der Waals surface area contributed by atoms with Crippen LogP contribution in [-0.2, 0) is 0 Å². The van der Waals surface area contributed by atoms with Crippen LogP contribution in [0.5, 0.6) is 17.2 Å². The highest BCUT2D eigenvalue weighted by Gasteiger charge is 2.16. The first-order valence-corrected chi connectivity index (χ1v) is 6.19. The summed E-state index contributed by atoms with van der Waals surface area (Å²) in [5, 5.41) is 0. The van der Waals surface area contributed by atoms with Crippen LogP contribution in [-0.4, -0.2) is 27.6 Å². The van der Waals surface area contributed by atoms with Gasteiger partial charge in [0.2, 0.25) is 0 Å². The summed E-state index contributed by atoms with van der Waals surface area (Å²) in [6.45, 7) is 0. The molecule has 0 atom stereocenters. The Morgan fingerprint density at radius 3 is 2.05 bits per heavy atom. The Bertz CT molecular complexity index is 668. The SMILES string of the molecule is COc1cc(C=O)c(-c2cc(F)ccc2OC)cc1OC. The lowest BCUT2D eigenvalue weighted by Crippen LogP contribution is -1.97. The van der Waals surface area contributed by atoms with Crippen molar-refractivity contribution in [2.24, 2.45) is 0 Å². The van der Waals surface area contributed by atoms with E-state index in [1.807, 2.05) is 0 Å². The van der Waals surface area contributed by atoms with E-state index in [0.717, 1.165) is 0 Å². The molecular formula is C16H15FO4. The molecule has 5 heteroatoms. The lowest BCUT2D eigenvalue weighted by molar-refractivity contribution is 0.112. The van der Waals surface area contributed by atoms with E-state index < -0.39 is 5.82 Å². The summed E-state index contributed by atoms with van der Waals surface area (Å²) in [5.74, 6) is 0.923. The average Bonchev–Trinajstić information content (AvgIpc) is 2.53. The molecule has 0 radical (unpaired) electrons. The molecule has 0 heterocycles. The lowest BCUT2D eigenvalue weighted by Gasteiger charge is -2.14. The molecule has 0 aliphatic rings. The molecule has 110 valence electrons. The molecule has 0 fully saturated rings. The summed E-state index contributed by atoms with van der Waals surface area (Å²) in [6, 6.07) is 7.29. The van der Waals surface area contributed by atoms with Gasteiger partial charge in [0.25, 0.3) is 0 Å². The number of halogens is 1. The molecule has 0 bridgehead atoms. The van der Waals surface area contributed by atoms with Crippen molar-refractivity contribution in [2.45, 2.75) is 0 Å². The van der Waals surface area contributed by atoms with Crippen molar-refractivity contribution in [3.05, 3.63) is 41.7 Å².